The predicted octanol–water partition coefficient (Wildman–Crippen LogP) is -1.53. The van der Waals surface area contributed by atoms with Crippen LogP contribution in [-0.2, 0) is 138 Å². The third-order valence-corrected chi connectivity index (χ3v) is 14.4. The highest BCUT2D eigenvalue weighted by Crippen LogP contribution is 2.39. The molecule has 96 heavy (non-hydrogen) atoms. The molecule has 0 radical (unpaired) electrons. The Morgan fingerprint density at radius 1 is 0.365 bits per heavy atom. The fraction of sp³-hybridized carbons (Fsp3) is 0.633. The van der Waals surface area contributed by atoms with Crippen molar-refractivity contribution in [1.82, 2.24) is 21.3 Å². The molecule has 4 amide bonds. The van der Waals surface area contributed by atoms with Gasteiger partial charge in [0.05, 0.1) is 0 Å². The van der Waals surface area contributed by atoms with Crippen LogP contribution < -0.4 is 31.6 Å². The first-order valence-electron chi connectivity index (χ1n) is 29.9. The summed E-state index contributed by atoms with van der Waals surface area (Å²) in [6, 6.07) is -1.28. The summed E-state index contributed by atoms with van der Waals surface area (Å²) in [5.74, 6) is -12.0. The molecular weight excluding hydrogens is 1290 g/mol. The van der Waals surface area contributed by atoms with Crippen LogP contribution in [0.1, 0.15) is 95.6 Å². The standard InChI is InChI=1S/C60H78N4O32/c1-23-17-44(78)89-39-18-37(15-16-38(23)39)88-57-45(61-24(2)65)54(85-34(12)75)50(41(90-57)20-80-29(7)70)94-59-47(63-26(4)67)56(87-36(14)77)52(43(92-59)22-82-31(9)72)96-60-48(64-27(5)68)55(86-35(13)76)51(42(93-60)21-81-30(8)71)95-58-46(62-25(3)66)53(84-33(11)74)49(83-32(10)73)40(91-58)19-79-28(6)69/h15-18,40-43,45-60H,19-22H2,1-14H3,(H,61,65)(H,62,66)(H,63,67)(H,64,68). The van der Waals surface area contributed by atoms with E-state index in [9.17, 15) is 67.1 Å². The first kappa shape index (κ1) is 76.1. The van der Waals surface area contributed by atoms with E-state index >= 15 is 0 Å². The summed E-state index contributed by atoms with van der Waals surface area (Å²) in [5, 5.41) is 10.9. The molecule has 4 saturated heterocycles. The lowest BCUT2D eigenvalue weighted by Gasteiger charge is -2.52. The molecule has 20 atom stereocenters. The summed E-state index contributed by atoms with van der Waals surface area (Å²) in [6.45, 7) is 11.7. The quantitative estimate of drug-likeness (QED) is 0.0497. The van der Waals surface area contributed by atoms with Gasteiger partial charge in [-0.15, -0.1) is 0 Å². The number of carbonyl (C=O) groups excluding carboxylic acids is 13. The zero-order chi connectivity index (χ0) is 71.2. The van der Waals surface area contributed by atoms with Crippen LogP contribution in [0.4, 0.5) is 0 Å². The average molecular weight is 1370 g/mol. The Kier molecular flexibility index (Phi) is 27.1. The molecule has 2 aromatic rings. The van der Waals surface area contributed by atoms with Gasteiger partial charge in [-0.3, -0.25) is 62.3 Å². The van der Waals surface area contributed by atoms with Gasteiger partial charge in [0.1, 0.15) is 105 Å². The fourth-order valence-corrected chi connectivity index (χ4v) is 11.1. The zero-order valence-corrected chi connectivity index (χ0v) is 54.7. The maximum atomic E-state index is 13.5. The minimum atomic E-state index is -2.08. The zero-order valence-electron chi connectivity index (χ0n) is 54.7. The molecule has 0 spiro atoms. The minimum absolute atomic E-state index is 0.0126. The number of rotatable bonds is 25. The SMILES string of the molecule is CC(=O)NC1C(OC2C(COC(C)=O)OC(OC3C(COC(C)=O)OC(OC4C(COC(C)=O)OC(Oc5ccc6c(C)cc(=O)oc6c5)C(NC(C)=O)C4OC(C)=O)C(NC(C)=O)C3OC(C)=O)C(NC(C)=O)C2OC(C)=O)OC(COC(C)=O)C(OC(C)=O)C1OC(C)=O. The lowest BCUT2D eigenvalue weighted by atomic mass is 9.92. The molecule has 5 heterocycles. The van der Waals surface area contributed by atoms with Crippen LogP contribution in [0.15, 0.2) is 33.5 Å². The van der Waals surface area contributed by atoms with E-state index in [-0.39, 0.29) is 11.3 Å². The Balaban J connectivity index is 1.50. The van der Waals surface area contributed by atoms with Gasteiger partial charge in [-0.25, -0.2) is 4.79 Å². The van der Waals surface area contributed by atoms with Crippen LogP contribution in [-0.4, -0.2) is 226 Å². The van der Waals surface area contributed by atoms with Crippen molar-refractivity contribution in [2.24, 2.45) is 0 Å². The summed E-state index contributed by atoms with van der Waals surface area (Å²) in [6.07, 6.45) is -29.1. The number of fused-ring (bicyclic) bond motifs is 1. The van der Waals surface area contributed by atoms with Crippen molar-refractivity contribution in [2.45, 2.75) is 220 Å². The number of aryl methyl sites for hydroxylation is 1. The fourth-order valence-electron chi connectivity index (χ4n) is 11.1. The van der Waals surface area contributed by atoms with Crippen molar-refractivity contribution < 1.29 is 147 Å². The maximum absolute atomic E-state index is 13.5. The second-order valence-electron chi connectivity index (χ2n) is 22.5. The Morgan fingerprint density at radius 2 is 0.646 bits per heavy atom. The van der Waals surface area contributed by atoms with Gasteiger partial charge in [0.15, 0.2) is 49.4 Å². The Hall–Kier alpha value is -8.94. The largest absolute Gasteiger partial charge is 0.463 e. The molecular formula is C60H78N4O32. The Labute approximate surface area is 547 Å². The highest BCUT2D eigenvalue weighted by Gasteiger charge is 2.60. The average Bonchev–Trinajstić information content (AvgIpc) is 0.763. The van der Waals surface area contributed by atoms with E-state index in [1.807, 2.05) is 0 Å². The molecule has 4 N–H and O–H groups in total. The lowest BCUT2D eigenvalue weighted by molar-refractivity contribution is -0.362. The first-order chi connectivity index (χ1) is 45.1. The lowest BCUT2D eigenvalue weighted by Crippen LogP contribution is -2.73. The van der Waals surface area contributed by atoms with Gasteiger partial charge >= 0.3 is 59.3 Å². The van der Waals surface area contributed by atoms with Gasteiger partial charge in [0.2, 0.25) is 29.9 Å². The smallest absolute Gasteiger partial charge is 0.336 e. The van der Waals surface area contributed by atoms with E-state index in [0.29, 0.717) is 10.9 Å². The van der Waals surface area contributed by atoms with E-state index in [0.717, 1.165) is 90.0 Å². The van der Waals surface area contributed by atoms with Crippen LogP contribution in [0, 0.1) is 6.92 Å². The molecule has 0 saturated carbocycles. The number of esters is 9. The van der Waals surface area contributed by atoms with Gasteiger partial charge in [-0.2, -0.15) is 0 Å². The maximum Gasteiger partial charge on any atom is 0.336 e. The van der Waals surface area contributed by atoms with E-state index in [1.54, 1.807) is 13.0 Å². The van der Waals surface area contributed by atoms with Crippen LogP contribution in [0.25, 0.3) is 11.0 Å². The van der Waals surface area contributed by atoms with E-state index in [2.05, 4.69) is 21.3 Å². The second-order valence-corrected chi connectivity index (χ2v) is 22.5. The molecule has 1 aromatic carbocycles. The summed E-state index contributed by atoms with van der Waals surface area (Å²) >= 11 is 0. The third-order valence-electron chi connectivity index (χ3n) is 14.4. The molecule has 4 aliphatic heterocycles. The van der Waals surface area contributed by atoms with Crippen molar-refractivity contribution >= 4 is 88.3 Å². The van der Waals surface area contributed by atoms with Crippen molar-refractivity contribution in [1.29, 1.82) is 0 Å². The number of carbonyl (C=O) groups is 13. The first-order valence-corrected chi connectivity index (χ1v) is 29.9. The minimum Gasteiger partial charge on any atom is -0.463 e. The van der Waals surface area contributed by atoms with Gasteiger partial charge < -0.3 is 106 Å². The summed E-state index contributed by atoms with van der Waals surface area (Å²) < 4.78 is 108. The highest BCUT2D eigenvalue weighted by molar-refractivity contribution is 5.81. The number of hydrogen-bond acceptors (Lipinski definition) is 32. The molecule has 4 aliphatic rings. The summed E-state index contributed by atoms with van der Waals surface area (Å²) in [7, 11) is 0. The Morgan fingerprint density at radius 3 is 0.948 bits per heavy atom. The van der Waals surface area contributed by atoms with Gasteiger partial charge in [0.25, 0.3) is 0 Å². The number of ether oxygens (including phenoxy) is 17. The van der Waals surface area contributed by atoms with Crippen LogP contribution in [0.3, 0.4) is 0 Å². The molecule has 0 bridgehead atoms. The van der Waals surface area contributed by atoms with Gasteiger partial charge in [0, 0.05) is 108 Å². The van der Waals surface area contributed by atoms with Gasteiger partial charge in [-0.05, 0) is 24.6 Å². The van der Waals surface area contributed by atoms with Crippen LogP contribution in [0.2, 0.25) is 0 Å². The predicted molar refractivity (Wildman–Crippen MR) is 312 cm³/mol. The van der Waals surface area contributed by atoms with Crippen molar-refractivity contribution in [3.8, 4) is 5.75 Å². The van der Waals surface area contributed by atoms with Gasteiger partial charge in [-0.1, -0.05) is 0 Å². The van der Waals surface area contributed by atoms with Crippen molar-refractivity contribution in [3.63, 3.8) is 0 Å². The summed E-state index contributed by atoms with van der Waals surface area (Å²) in [5.41, 5.74) is -0.0381. The molecule has 1 aromatic heterocycles. The monoisotopic (exact) mass is 1370 g/mol. The molecule has 0 aliphatic carbocycles. The van der Waals surface area contributed by atoms with E-state index in [4.69, 9.17) is 84.9 Å². The Bertz CT molecular complexity index is 3280. The summed E-state index contributed by atoms with van der Waals surface area (Å²) in [4.78, 5) is 182. The molecule has 36 nitrogen and oxygen atoms in total. The second kappa shape index (κ2) is 34.1. The van der Waals surface area contributed by atoms with Crippen LogP contribution in [0.5, 0.6) is 5.75 Å². The molecule has 530 valence electrons. The number of hydrogen-bond donors (Lipinski definition) is 4. The normalized spacial score (nSPS) is 30.1. The topological polar surface area (TPSA) is 457 Å². The molecule has 20 unspecified atom stereocenters. The molecule has 4 fully saturated rings. The van der Waals surface area contributed by atoms with Crippen LogP contribution >= 0.6 is 0 Å². The number of benzene rings is 1. The van der Waals surface area contributed by atoms with Crippen molar-refractivity contribution in [2.75, 3.05) is 26.4 Å². The number of nitrogens with one attached hydrogen (secondary N) is 4. The highest BCUT2D eigenvalue weighted by atomic mass is 16.8. The third kappa shape index (κ3) is 21.3. The van der Waals surface area contributed by atoms with Crippen molar-refractivity contribution in [3.05, 3.63) is 40.2 Å². The number of amides is 4. The van der Waals surface area contributed by atoms with E-state index < -0.39 is 232 Å². The molecule has 36 heteroatoms. The van der Waals surface area contributed by atoms with E-state index in [1.165, 1.54) is 18.2 Å². The molecule has 6 rings (SSSR count).